The molecule has 1 N–H and O–H groups in total. The summed E-state index contributed by atoms with van der Waals surface area (Å²) in [6, 6.07) is 5.02. The zero-order chi connectivity index (χ0) is 17.9. The lowest BCUT2D eigenvalue weighted by Crippen LogP contribution is -2.47. The predicted octanol–water partition coefficient (Wildman–Crippen LogP) is 2.84. The lowest BCUT2D eigenvalue weighted by Gasteiger charge is -2.36. The van der Waals surface area contributed by atoms with Crippen molar-refractivity contribution in [2.45, 2.75) is 38.6 Å². The van der Waals surface area contributed by atoms with Crippen molar-refractivity contribution >= 4 is 11.9 Å². The SMILES string of the molecule is CC1CCC(C(=O)O)CN1C(=O)Cc1ccc(OC(F)(F)F)cc1. The van der Waals surface area contributed by atoms with Crippen molar-refractivity contribution in [1.82, 2.24) is 4.90 Å². The van der Waals surface area contributed by atoms with Crippen LogP contribution in [0.25, 0.3) is 0 Å². The molecule has 1 heterocycles. The first-order chi connectivity index (χ1) is 11.2. The normalized spacial score (nSPS) is 21.4. The van der Waals surface area contributed by atoms with Crippen LogP contribution in [0, 0.1) is 5.92 Å². The fraction of sp³-hybridized carbons (Fsp3) is 0.500. The maximum atomic E-state index is 12.4. The van der Waals surface area contributed by atoms with Gasteiger partial charge >= 0.3 is 12.3 Å². The number of carboxylic acids is 1. The number of piperidine rings is 1. The Bertz CT molecular complexity index is 600. The Morgan fingerprint density at radius 2 is 1.88 bits per heavy atom. The van der Waals surface area contributed by atoms with Crippen LogP contribution in [0.3, 0.4) is 0 Å². The molecule has 1 fully saturated rings. The van der Waals surface area contributed by atoms with Gasteiger partial charge in [0.25, 0.3) is 0 Å². The number of hydrogen-bond donors (Lipinski definition) is 1. The first-order valence-electron chi connectivity index (χ1n) is 7.52. The molecule has 1 amide bonds. The molecular weight excluding hydrogens is 327 g/mol. The summed E-state index contributed by atoms with van der Waals surface area (Å²) in [5.41, 5.74) is 0.541. The van der Waals surface area contributed by atoms with Gasteiger partial charge in [-0.2, -0.15) is 0 Å². The molecule has 2 atom stereocenters. The van der Waals surface area contributed by atoms with Crippen LogP contribution in [0.4, 0.5) is 13.2 Å². The molecular formula is C16H18F3NO4. The summed E-state index contributed by atoms with van der Waals surface area (Å²) < 4.78 is 40.1. The van der Waals surface area contributed by atoms with Crippen molar-refractivity contribution in [3.63, 3.8) is 0 Å². The average molecular weight is 345 g/mol. The van der Waals surface area contributed by atoms with Crippen molar-refractivity contribution in [2.24, 2.45) is 5.92 Å². The van der Waals surface area contributed by atoms with E-state index in [1.165, 1.54) is 17.0 Å². The van der Waals surface area contributed by atoms with Crippen molar-refractivity contribution in [1.29, 1.82) is 0 Å². The van der Waals surface area contributed by atoms with Gasteiger partial charge in [-0.05, 0) is 37.5 Å². The summed E-state index contributed by atoms with van der Waals surface area (Å²) in [5.74, 6) is -2.09. The molecule has 0 aromatic heterocycles. The minimum atomic E-state index is -4.76. The van der Waals surface area contributed by atoms with Gasteiger partial charge in [0.15, 0.2) is 0 Å². The van der Waals surface area contributed by atoms with E-state index in [2.05, 4.69) is 4.74 Å². The van der Waals surface area contributed by atoms with E-state index in [0.29, 0.717) is 18.4 Å². The van der Waals surface area contributed by atoms with E-state index in [-0.39, 0.29) is 30.7 Å². The van der Waals surface area contributed by atoms with Gasteiger partial charge in [0.05, 0.1) is 12.3 Å². The number of alkyl halides is 3. The highest BCUT2D eigenvalue weighted by atomic mass is 19.4. The third kappa shape index (κ3) is 4.87. The minimum Gasteiger partial charge on any atom is -0.481 e. The number of carbonyl (C=O) groups excluding carboxylic acids is 1. The van der Waals surface area contributed by atoms with Gasteiger partial charge in [-0.1, -0.05) is 12.1 Å². The molecule has 0 aliphatic carbocycles. The van der Waals surface area contributed by atoms with Crippen molar-refractivity contribution in [3.8, 4) is 5.75 Å². The molecule has 1 aliphatic heterocycles. The number of amides is 1. The Kier molecular flexibility index (Phi) is 5.36. The molecule has 8 heteroatoms. The first-order valence-corrected chi connectivity index (χ1v) is 7.52. The largest absolute Gasteiger partial charge is 0.573 e. The molecule has 1 saturated heterocycles. The topological polar surface area (TPSA) is 66.8 Å². The predicted molar refractivity (Wildman–Crippen MR) is 78.4 cm³/mol. The van der Waals surface area contributed by atoms with Crippen molar-refractivity contribution in [3.05, 3.63) is 29.8 Å². The smallest absolute Gasteiger partial charge is 0.481 e. The van der Waals surface area contributed by atoms with Crippen LogP contribution in [0.2, 0.25) is 0 Å². The molecule has 0 saturated carbocycles. The number of aliphatic carboxylic acids is 1. The van der Waals surface area contributed by atoms with E-state index in [1.54, 1.807) is 0 Å². The molecule has 2 unspecified atom stereocenters. The number of hydrogen-bond acceptors (Lipinski definition) is 3. The number of ether oxygens (including phenoxy) is 1. The summed E-state index contributed by atoms with van der Waals surface area (Å²) in [5, 5.41) is 9.09. The monoisotopic (exact) mass is 345 g/mol. The number of halogens is 3. The molecule has 2 rings (SSSR count). The maximum Gasteiger partial charge on any atom is 0.573 e. The highest BCUT2D eigenvalue weighted by Gasteiger charge is 2.33. The van der Waals surface area contributed by atoms with Crippen LogP contribution in [0.15, 0.2) is 24.3 Å². The van der Waals surface area contributed by atoms with Gasteiger partial charge in [-0.25, -0.2) is 0 Å². The number of carbonyl (C=O) groups is 2. The molecule has 1 aromatic carbocycles. The van der Waals surface area contributed by atoms with Gasteiger partial charge in [-0.3, -0.25) is 9.59 Å². The second-order valence-electron chi connectivity index (χ2n) is 5.88. The zero-order valence-corrected chi connectivity index (χ0v) is 13.0. The van der Waals surface area contributed by atoms with E-state index in [4.69, 9.17) is 5.11 Å². The zero-order valence-electron chi connectivity index (χ0n) is 13.0. The molecule has 5 nitrogen and oxygen atoms in total. The number of likely N-dealkylation sites (tertiary alicyclic amines) is 1. The Hall–Kier alpha value is -2.25. The highest BCUT2D eigenvalue weighted by molar-refractivity contribution is 5.80. The van der Waals surface area contributed by atoms with Crippen molar-refractivity contribution in [2.75, 3.05) is 6.54 Å². The standard InChI is InChI=1S/C16H18F3NO4/c1-10-2-5-12(15(22)23)9-20(10)14(21)8-11-3-6-13(7-4-11)24-16(17,18)19/h3-4,6-7,10,12H,2,5,8-9H2,1H3,(H,22,23). The Morgan fingerprint density at radius 1 is 1.25 bits per heavy atom. The fourth-order valence-electron chi connectivity index (χ4n) is 2.74. The minimum absolute atomic E-state index is 0.00295. The lowest BCUT2D eigenvalue weighted by molar-refractivity contribution is -0.274. The van der Waals surface area contributed by atoms with Crippen LogP contribution in [-0.4, -0.2) is 40.8 Å². The average Bonchev–Trinajstić information content (AvgIpc) is 2.48. The lowest BCUT2D eigenvalue weighted by atomic mass is 9.93. The Labute approximate surface area is 137 Å². The number of benzene rings is 1. The van der Waals surface area contributed by atoms with E-state index in [1.807, 2.05) is 6.92 Å². The third-order valence-corrected chi connectivity index (χ3v) is 4.06. The van der Waals surface area contributed by atoms with Gasteiger partial charge < -0.3 is 14.7 Å². The Morgan fingerprint density at radius 3 is 2.42 bits per heavy atom. The van der Waals surface area contributed by atoms with Crippen molar-refractivity contribution < 1.29 is 32.6 Å². The quantitative estimate of drug-likeness (QED) is 0.911. The maximum absolute atomic E-state index is 12.4. The Balaban J connectivity index is 1.99. The summed E-state index contributed by atoms with van der Waals surface area (Å²) in [6.07, 6.45) is -3.61. The number of nitrogens with zero attached hydrogens (tertiary/aromatic N) is 1. The molecule has 0 bridgehead atoms. The van der Waals surface area contributed by atoms with E-state index >= 15 is 0 Å². The summed E-state index contributed by atoms with van der Waals surface area (Å²) in [6.45, 7) is 2.01. The van der Waals surface area contributed by atoms with Gasteiger partial charge in [-0.15, -0.1) is 13.2 Å². The van der Waals surface area contributed by atoms with E-state index < -0.39 is 18.2 Å². The molecule has 1 aliphatic rings. The molecule has 1 aromatic rings. The summed E-state index contributed by atoms with van der Waals surface area (Å²) in [7, 11) is 0. The van der Waals surface area contributed by atoms with Gasteiger partial charge in [0.1, 0.15) is 5.75 Å². The molecule has 0 spiro atoms. The second-order valence-corrected chi connectivity index (χ2v) is 5.88. The first kappa shape index (κ1) is 18.1. The van der Waals surface area contributed by atoms with Crippen LogP contribution < -0.4 is 4.74 Å². The van der Waals surface area contributed by atoms with Crippen LogP contribution in [-0.2, 0) is 16.0 Å². The number of carboxylic acid groups (broad SMARTS) is 1. The van der Waals surface area contributed by atoms with E-state index in [0.717, 1.165) is 12.1 Å². The highest BCUT2D eigenvalue weighted by Crippen LogP contribution is 2.25. The van der Waals surface area contributed by atoms with Crippen LogP contribution >= 0.6 is 0 Å². The van der Waals surface area contributed by atoms with Gasteiger partial charge in [0, 0.05) is 12.6 Å². The van der Waals surface area contributed by atoms with Gasteiger partial charge in [0.2, 0.25) is 5.91 Å². The second kappa shape index (κ2) is 7.11. The van der Waals surface area contributed by atoms with Crippen LogP contribution in [0.5, 0.6) is 5.75 Å². The molecule has 0 radical (unpaired) electrons. The fourth-order valence-corrected chi connectivity index (χ4v) is 2.74. The summed E-state index contributed by atoms with van der Waals surface area (Å²) >= 11 is 0. The molecule has 24 heavy (non-hydrogen) atoms. The van der Waals surface area contributed by atoms with Crippen LogP contribution in [0.1, 0.15) is 25.3 Å². The molecule has 132 valence electrons. The van der Waals surface area contributed by atoms with E-state index in [9.17, 15) is 22.8 Å². The summed E-state index contributed by atoms with van der Waals surface area (Å²) in [4.78, 5) is 25.0. The third-order valence-electron chi connectivity index (χ3n) is 4.06. The number of rotatable bonds is 4.